The van der Waals surface area contributed by atoms with Gasteiger partial charge in [0, 0.05) is 13.0 Å². The Morgan fingerprint density at radius 2 is 1.70 bits per heavy atom. The molecule has 1 unspecified atom stereocenters. The molecule has 6 nitrogen and oxygen atoms in total. The number of amides is 1. The molecular formula is C18H20F2N2O4S. The second-order valence-electron chi connectivity index (χ2n) is 5.70. The zero-order valence-corrected chi connectivity index (χ0v) is 15.4. The molecule has 0 heterocycles. The van der Waals surface area contributed by atoms with Crippen molar-refractivity contribution >= 4 is 15.9 Å². The topological polar surface area (TPSA) is 84.5 Å². The van der Waals surface area contributed by atoms with Gasteiger partial charge in [0.15, 0.2) is 0 Å². The lowest BCUT2D eigenvalue weighted by Gasteiger charge is -2.15. The Hall–Kier alpha value is -2.52. The summed E-state index contributed by atoms with van der Waals surface area (Å²) in [6.45, 7) is -1.21. The van der Waals surface area contributed by atoms with E-state index < -0.39 is 16.6 Å². The minimum Gasteiger partial charge on any atom is -0.435 e. The van der Waals surface area contributed by atoms with Gasteiger partial charge in [-0.3, -0.25) is 4.79 Å². The summed E-state index contributed by atoms with van der Waals surface area (Å²) >= 11 is 0. The average molecular weight is 398 g/mol. The Morgan fingerprint density at radius 3 is 2.30 bits per heavy atom. The standard InChI is InChI=1S/C18H20F2N2O4S/c1-13(14-7-9-15(10-8-14)26-18(19)20)22-17(23)11-12-21-27(24,25)16-5-3-2-4-6-16/h2-10,13,18,21H,11-12H2,1H3,(H,22,23). The lowest BCUT2D eigenvalue weighted by Crippen LogP contribution is -2.32. The van der Waals surface area contributed by atoms with Gasteiger partial charge in [0.1, 0.15) is 5.75 Å². The smallest absolute Gasteiger partial charge is 0.387 e. The molecule has 2 aromatic carbocycles. The van der Waals surface area contributed by atoms with Crippen LogP contribution in [0.25, 0.3) is 0 Å². The number of alkyl halides is 2. The van der Waals surface area contributed by atoms with Crippen LogP contribution in [0.3, 0.4) is 0 Å². The first kappa shape index (κ1) is 20.8. The molecule has 2 rings (SSSR count). The first-order valence-electron chi connectivity index (χ1n) is 8.17. The summed E-state index contributed by atoms with van der Waals surface area (Å²) in [5.74, 6) is -0.311. The first-order chi connectivity index (χ1) is 12.8. The molecular weight excluding hydrogens is 378 g/mol. The predicted molar refractivity (Wildman–Crippen MR) is 95.9 cm³/mol. The Morgan fingerprint density at radius 1 is 1.07 bits per heavy atom. The molecule has 1 amide bonds. The molecule has 0 aliphatic rings. The highest BCUT2D eigenvalue weighted by atomic mass is 32.2. The number of carbonyl (C=O) groups is 1. The highest BCUT2D eigenvalue weighted by Gasteiger charge is 2.15. The fourth-order valence-corrected chi connectivity index (χ4v) is 3.37. The van der Waals surface area contributed by atoms with E-state index in [0.29, 0.717) is 5.56 Å². The van der Waals surface area contributed by atoms with Crippen molar-refractivity contribution in [3.8, 4) is 5.75 Å². The number of sulfonamides is 1. The van der Waals surface area contributed by atoms with Crippen molar-refractivity contribution in [2.75, 3.05) is 6.54 Å². The number of carbonyl (C=O) groups excluding carboxylic acids is 1. The quantitative estimate of drug-likeness (QED) is 0.680. The first-order valence-corrected chi connectivity index (χ1v) is 9.65. The second kappa shape index (κ2) is 9.43. The van der Waals surface area contributed by atoms with Crippen LogP contribution in [0.1, 0.15) is 24.9 Å². The summed E-state index contributed by atoms with van der Waals surface area (Å²) in [6.07, 6.45) is -0.0387. The molecule has 0 bridgehead atoms. The van der Waals surface area contributed by atoms with Crippen molar-refractivity contribution in [2.24, 2.45) is 0 Å². The summed E-state index contributed by atoms with van der Waals surface area (Å²) < 4.78 is 55.0. The molecule has 0 fully saturated rings. The van der Waals surface area contributed by atoms with Crippen LogP contribution in [-0.2, 0) is 14.8 Å². The van der Waals surface area contributed by atoms with E-state index in [0.717, 1.165) is 0 Å². The predicted octanol–water partition coefficient (Wildman–Crippen LogP) is 2.83. The summed E-state index contributed by atoms with van der Waals surface area (Å²) in [5.41, 5.74) is 0.704. The van der Waals surface area contributed by atoms with Crippen LogP contribution in [0, 0.1) is 0 Å². The average Bonchev–Trinajstić information content (AvgIpc) is 2.62. The summed E-state index contributed by atoms with van der Waals surface area (Å²) in [7, 11) is -3.66. The van der Waals surface area contributed by atoms with E-state index in [2.05, 4.69) is 14.8 Å². The number of nitrogens with one attached hydrogen (secondary N) is 2. The van der Waals surface area contributed by atoms with Crippen LogP contribution < -0.4 is 14.8 Å². The summed E-state index contributed by atoms with van der Waals surface area (Å²) in [4.78, 5) is 12.1. The second-order valence-corrected chi connectivity index (χ2v) is 7.46. The third kappa shape index (κ3) is 6.61. The third-order valence-electron chi connectivity index (χ3n) is 3.68. The van der Waals surface area contributed by atoms with Crippen LogP contribution in [-0.4, -0.2) is 27.5 Å². The normalized spacial score (nSPS) is 12.6. The maximum Gasteiger partial charge on any atom is 0.387 e. The van der Waals surface area contributed by atoms with Gasteiger partial charge in [0.05, 0.1) is 10.9 Å². The van der Waals surface area contributed by atoms with E-state index >= 15 is 0 Å². The van der Waals surface area contributed by atoms with Crippen molar-refractivity contribution in [1.82, 2.24) is 10.0 Å². The van der Waals surface area contributed by atoms with Crippen molar-refractivity contribution in [3.63, 3.8) is 0 Å². The van der Waals surface area contributed by atoms with Gasteiger partial charge in [-0.1, -0.05) is 30.3 Å². The SMILES string of the molecule is CC(NC(=O)CCNS(=O)(=O)c1ccccc1)c1ccc(OC(F)F)cc1. The molecule has 0 aliphatic heterocycles. The third-order valence-corrected chi connectivity index (χ3v) is 5.16. The van der Waals surface area contributed by atoms with Crippen LogP contribution in [0.15, 0.2) is 59.5 Å². The number of hydrogen-bond donors (Lipinski definition) is 2. The molecule has 2 N–H and O–H groups in total. The highest BCUT2D eigenvalue weighted by Crippen LogP contribution is 2.19. The molecule has 0 saturated carbocycles. The van der Waals surface area contributed by atoms with Gasteiger partial charge in [-0.15, -0.1) is 0 Å². The van der Waals surface area contributed by atoms with Crippen LogP contribution in [0.5, 0.6) is 5.75 Å². The largest absolute Gasteiger partial charge is 0.435 e. The van der Waals surface area contributed by atoms with Gasteiger partial charge in [0.2, 0.25) is 15.9 Å². The molecule has 146 valence electrons. The van der Waals surface area contributed by atoms with Gasteiger partial charge in [-0.2, -0.15) is 8.78 Å². The molecule has 0 radical (unpaired) electrons. The molecule has 9 heteroatoms. The summed E-state index contributed by atoms with van der Waals surface area (Å²) in [6, 6.07) is 13.4. The van der Waals surface area contributed by atoms with Crippen molar-refractivity contribution < 1.29 is 26.7 Å². The number of benzene rings is 2. The maximum atomic E-state index is 12.1. The number of ether oxygens (including phenoxy) is 1. The van der Waals surface area contributed by atoms with E-state index in [9.17, 15) is 22.0 Å². The van der Waals surface area contributed by atoms with Crippen molar-refractivity contribution in [1.29, 1.82) is 0 Å². The monoisotopic (exact) mass is 398 g/mol. The van der Waals surface area contributed by atoms with E-state index in [1.165, 1.54) is 24.3 Å². The van der Waals surface area contributed by atoms with Crippen molar-refractivity contribution in [2.45, 2.75) is 30.9 Å². The minimum atomic E-state index is -3.66. The van der Waals surface area contributed by atoms with Gasteiger partial charge in [-0.05, 0) is 36.8 Å². The highest BCUT2D eigenvalue weighted by molar-refractivity contribution is 7.89. The molecule has 0 aliphatic carbocycles. The van der Waals surface area contributed by atoms with Crippen LogP contribution >= 0.6 is 0 Å². The number of hydrogen-bond acceptors (Lipinski definition) is 4. The van der Waals surface area contributed by atoms with Crippen LogP contribution in [0.2, 0.25) is 0 Å². The molecule has 0 saturated heterocycles. The molecule has 0 aromatic heterocycles. The van der Waals surface area contributed by atoms with Gasteiger partial charge in [0.25, 0.3) is 0 Å². The lowest BCUT2D eigenvalue weighted by atomic mass is 10.1. The fraction of sp³-hybridized carbons (Fsp3) is 0.278. The van der Waals surface area contributed by atoms with Gasteiger partial charge >= 0.3 is 6.61 Å². The maximum absolute atomic E-state index is 12.1. The zero-order chi connectivity index (χ0) is 19.9. The Balaban J connectivity index is 1.81. The Kier molecular flexibility index (Phi) is 7.26. The van der Waals surface area contributed by atoms with Crippen molar-refractivity contribution in [3.05, 3.63) is 60.2 Å². The van der Waals surface area contributed by atoms with Crippen LogP contribution in [0.4, 0.5) is 8.78 Å². The van der Waals surface area contributed by atoms with E-state index in [4.69, 9.17) is 0 Å². The molecule has 27 heavy (non-hydrogen) atoms. The van der Waals surface area contributed by atoms with E-state index in [-0.39, 0.29) is 35.6 Å². The Bertz CT molecular complexity index is 843. The molecule has 1 atom stereocenters. The molecule has 0 spiro atoms. The summed E-state index contributed by atoms with van der Waals surface area (Å²) in [5, 5.41) is 2.72. The van der Waals surface area contributed by atoms with E-state index in [1.807, 2.05) is 0 Å². The molecule has 2 aromatic rings. The fourth-order valence-electron chi connectivity index (χ4n) is 2.32. The zero-order valence-electron chi connectivity index (χ0n) is 14.6. The minimum absolute atomic E-state index is 0.0302. The van der Waals surface area contributed by atoms with Gasteiger partial charge in [-0.25, -0.2) is 13.1 Å². The number of halogens is 2. The Labute approximate surface area is 156 Å². The van der Waals surface area contributed by atoms with E-state index in [1.54, 1.807) is 37.3 Å². The number of rotatable bonds is 9. The van der Waals surface area contributed by atoms with Gasteiger partial charge < -0.3 is 10.1 Å². The lowest BCUT2D eigenvalue weighted by molar-refractivity contribution is -0.121.